The van der Waals surface area contributed by atoms with E-state index < -0.39 is 0 Å². The lowest BCUT2D eigenvalue weighted by molar-refractivity contribution is 0.669. The van der Waals surface area contributed by atoms with Gasteiger partial charge in [0.2, 0.25) is 0 Å². The van der Waals surface area contributed by atoms with E-state index >= 15 is 0 Å². The Morgan fingerprint density at radius 3 is 1.63 bits per heavy atom. The normalized spacial score (nSPS) is 11.5. The molecule has 0 bridgehead atoms. The van der Waals surface area contributed by atoms with Gasteiger partial charge in [0.15, 0.2) is 17.5 Å². The number of nitrogens with zero attached hydrogens (tertiary/aromatic N) is 3. The number of aromatic nitrogens is 3. The molecule has 0 aliphatic rings. The zero-order valence-corrected chi connectivity index (χ0v) is 27.5. The summed E-state index contributed by atoms with van der Waals surface area (Å²) in [6, 6.07) is 61.2. The van der Waals surface area contributed by atoms with Crippen molar-refractivity contribution in [3.63, 3.8) is 0 Å². The van der Waals surface area contributed by atoms with Crippen LogP contribution in [0.2, 0.25) is 0 Å². The Morgan fingerprint density at radius 1 is 0.294 bits per heavy atom. The summed E-state index contributed by atoms with van der Waals surface area (Å²) >= 11 is 0. The van der Waals surface area contributed by atoms with Crippen LogP contribution in [-0.4, -0.2) is 15.0 Å². The summed E-state index contributed by atoms with van der Waals surface area (Å²) in [7, 11) is 0. The molecule has 0 radical (unpaired) electrons. The molecule has 0 spiro atoms. The largest absolute Gasteiger partial charge is 0.456 e. The van der Waals surface area contributed by atoms with Crippen molar-refractivity contribution >= 4 is 43.5 Å². The molecule has 0 unspecified atom stereocenters. The molecule has 2 heterocycles. The molecule has 0 atom stereocenters. The number of fused-ring (bicyclic) bond motifs is 5. The standard InChI is InChI=1S/C47H29N3O/c1-2-11-32(12-3-1)39-14-6-7-16-41(39)47-49-45(48-46(50-47)37-24-25-44-42(29-37)40-15-8-9-17-43(40)51-44)36-23-20-31-19-22-35(27-38(31)28-36)34-21-18-30-10-4-5-13-33(30)26-34/h1-29H. The lowest BCUT2D eigenvalue weighted by Crippen LogP contribution is -2.01. The van der Waals surface area contributed by atoms with E-state index in [2.05, 4.69) is 133 Å². The zero-order chi connectivity index (χ0) is 33.7. The first kappa shape index (κ1) is 29.0. The average molecular weight is 652 g/mol. The van der Waals surface area contributed by atoms with Gasteiger partial charge in [0.1, 0.15) is 11.2 Å². The van der Waals surface area contributed by atoms with Gasteiger partial charge in [-0.1, -0.05) is 133 Å². The van der Waals surface area contributed by atoms with E-state index in [-0.39, 0.29) is 0 Å². The minimum atomic E-state index is 0.607. The Bertz CT molecular complexity index is 2930. The smallest absolute Gasteiger partial charge is 0.164 e. The molecular formula is C47H29N3O. The first-order valence-corrected chi connectivity index (χ1v) is 17.1. The van der Waals surface area contributed by atoms with Crippen LogP contribution in [-0.2, 0) is 0 Å². The number of furan rings is 1. The highest BCUT2D eigenvalue weighted by atomic mass is 16.3. The Hall–Kier alpha value is -6.91. The maximum atomic E-state index is 6.14. The van der Waals surface area contributed by atoms with Gasteiger partial charge in [0.05, 0.1) is 0 Å². The molecule has 51 heavy (non-hydrogen) atoms. The molecule has 0 fully saturated rings. The minimum Gasteiger partial charge on any atom is -0.456 e. The molecule has 0 saturated carbocycles. The van der Waals surface area contributed by atoms with Crippen molar-refractivity contribution in [2.75, 3.05) is 0 Å². The predicted octanol–water partition coefficient (Wildman–Crippen LogP) is 12.4. The van der Waals surface area contributed by atoms with Crippen LogP contribution >= 0.6 is 0 Å². The summed E-state index contributed by atoms with van der Waals surface area (Å²) in [5, 5.41) is 6.84. The van der Waals surface area contributed by atoms with E-state index in [1.165, 1.54) is 21.9 Å². The molecule has 8 aromatic carbocycles. The molecule has 0 amide bonds. The number of hydrogen-bond acceptors (Lipinski definition) is 4. The SMILES string of the molecule is c1ccc(-c2ccccc2-c2nc(-c3ccc4ccc(-c5ccc6ccccc6c5)cc4c3)nc(-c3ccc4oc5ccccc5c4c3)n2)cc1. The zero-order valence-electron chi connectivity index (χ0n) is 27.5. The molecule has 238 valence electrons. The van der Waals surface area contributed by atoms with Crippen molar-refractivity contribution in [3.05, 3.63) is 176 Å². The third-order valence-corrected chi connectivity index (χ3v) is 9.70. The molecular weight excluding hydrogens is 623 g/mol. The average Bonchev–Trinajstić information content (AvgIpc) is 3.58. The van der Waals surface area contributed by atoms with Crippen molar-refractivity contribution in [1.29, 1.82) is 0 Å². The summed E-state index contributed by atoms with van der Waals surface area (Å²) in [6.07, 6.45) is 0. The molecule has 4 nitrogen and oxygen atoms in total. The fraction of sp³-hybridized carbons (Fsp3) is 0. The topological polar surface area (TPSA) is 51.8 Å². The van der Waals surface area contributed by atoms with Gasteiger partial charge in [-0.15, -0.1) is 0 Å². The van der Waals surface area contributed by atoms with Crippen molar-refractivity contribution < 1.29 is 4.42 Å². The van der Waals surface area contributed by atoms with Gasteiger partial charge < -0.3 is 4.42 Å². The monoisotopic (exact) mass is 651 g/mol. The Morgan fingerprint density at radius 2 is 0.824 bits per heavy atom. The van der Waals surface area contributed by atoms with Gasteiger partial charge in [0.25, 0.3) is 0 Å². The van der Waals surface area contributed by atoms with E-state index in [9.17, 15) is 0 Å². The maximum absolute atomic E-state index is 6.14. The van der Waals surface area contributed by atoms with E-state index in [4.69, 9.17) is 19.4 Å². The van der Waals surface area contributed by atoms with Crippen LogP contribution in [0.15, 0.2) is 180 Å². The van der Waals surface area contributed by atoms with Crippen LogP contribution in [0.3, 0.4) is 0 Å². The van der Waals surface area contributed by atoms with Gasteiger partial charge in [-0.3, -0.25) is 0 Å². The Balaban J connectivity index is 1.15. The summed E-state index contributed by atoms with van der Waals surface area (Å²) in [5.41, 5.74) is 8.99. The van der Waals surface area contributed by atoms with Gasteiger partial charge in [-0.05, 0) is 86.3 Å². The second kappa shape index (κ2) is 11.9. The molecule has 4 heteroatoms. The van der Waals surface area contributed by atoms with Gasteiger partial charge >= 0.3 is 0 Å². The van der Waals surface area contributed by atoms with Crippen LogP contribution in [0.25, 0.3) is 99.9 Å². The van der Waals surface area contributed by atoms with Gasteiger partial charge in [-0.2, -0.15) is 0 Å². The first-order valence-electron chi connectivity index (χ1n) is 17.1. The maximum Gasteiger partial charge on any atom is 0.164 e. The quantitative estimate of drug-likeness (QED) is 0.186. The van der Waals surface area contributed by atoms with Crippen molar-refractivity contribution in [2.45, 2.75) is 0 Å². The molecule has 10 aromatic rings. The van der Waals surface area contributed by atoms with Crippen LogP contribution in [0.1, 0.15) is 0 Å². The highest BCUT2D eigenvalue weighted by molar-refractivity contribution is 6.06. The molecule has 10 rings (SSSR count). The lowest BCUT2D eigenvalue weighted by atomic mass is 9.97. The second-order valence-corrected chi connectivity index (χ2v) is 12.9. The van der Waals surface area contributed by atoms with E-state index in [1.54, 1.807) is 0 Å². The number of para-hydroxylation sites is 1. The Labute approximate surface area is 294 Å². The third-order valence-electron chi connectivity index (χ3n) is 9.70. The molecule has 2 aromatic heterocycles. The Kier molecular flexibility index (Phi) is 6.78. The van der Waals surface area contributed by atoms with Crippen molar-refractivity contribution in [3.8, 4) is 56.4 Å². The molecule has 0 N–H and O–H groups in total. The minimum absolute atomic E-state index is 0.607. The first-order chi connectivity index (χ1) is 25.2. The number of benzene rings is 8. The summed E-state index contributed by atoms with van der Waals surface area (Å²) < 4.78 is 6.14. The lowest BCUT2D eigenvalue weighted by Gasteiger charge is -2.12. The highest BCUT2D eigenvalue weighted by Crippen LogP contribution is 2.36. The van der Waals surface area contributed by atoms with Crippen LogP contribution < -0.4 is 0 Å². The number of rotatable bonds is 5. The number of hydrogen-bond donors (Lipinski definition) is 0. The molecule has 0 saturated heterocycles. The van der Waals surface area contributed by atoms with Crippen LogP contribution in [0.5, 0.6) is 0 Å². The van der Waals surface area contributed by atoms with E-state index in [0.717, 1.165) is 60.5 Å². The molecule has 0 aliphatic heterocycles. The van der Waals surface area contributed by atoms with E-state index in [0.29, 0.717) is 17.5 Å². The summed E-state index contributed by atoms with van der Waals surface area (Å²) in [4.78, 5) is 15.5. The van der Waals surface area contributed by atoms with Crippen LogP contribution in [0.4, 0.5) is 0 Å². The highest BCUT2D eigenvalue weighted by Gasteiger charge is 2.17. The van der Waals surface area contributed by atoms with Crippen molar-refractivity contribution in [1.82, 2.24) is 15.0 Å². The van der Waals surface area contributed by atoms with Crippen molar-refractivity contribution in [2.24, 2.45) is 0 Å². The van der Waals surface area contributed by atoms with Gasteiger partial charge in [0, 0.05) is 27.5 Å². The fourth-order valence-corrected chi connectivity index (χ4v) is 7.10. The third kappa shape index (κ3) is 5.22. The fourth-order valence-electron chi connectivity index (χ4n) is 7.10. The van der Waals surface area contributed by atoms with E-state index in [1.807, 2.05) is 42.5 Å². The van der Waals surface area contributed by atoms with Gasteiger partial charge in [-0.25, -0.2) is 15.0 Å². The predicted molar refractivity (Wildman–Crippen MR) is 209 cm³/mol. The summed E-state index contributed by atoms with van der Waals surface area (Å²) in [5.74, 6) is 1.85. The second-order valence-electron chi connectivity index (χ2n) is 12.9. The van der Waals surface area contributed by atoms with Crippen LogP contribution in [0, 0.1) is 0 Å². The molecule has 0 aliphatic carbocycles. The summed E-state index contributed by atoms with van der Waals surface area (Å²) in [6.45, 7) is 0.